The van der Waals surface area contributed by atoms with Gasteiger partial charge in [-0.1, -0.05) is 41.4 Å². The molecule has 1 atom stereocenters. The number of benzene rings is 2. The fourth-order valence-corrected chi connectivity index (χ4v) is 3.61. The normalized spacial score (nSPS) is 18.3. The molecular weight excluding hydrogens is 417 g/mol. The molecule has 1 fully saturated rings. The van der Waals surface area contributed by atoms with E-state index in [1.807, 2.05) is 0 Å². The van der Waals surface area contributed by atoms with Gasteiger partial charge in [-0.2, -0.15) is 0 Å². The number of hydrogen-bond acceptors (Lipinski definition) is 5. The van der Waals surface area contributed by atoms with Crippen LogP contribution >= 0.6 is 23.2 Å². The van der Waals surface area contributed by atoms with Crippen LogP contribution in [0.4, 0.5) is 0 Å². The molecule has 3 rings (SSSR count). The van der Waals surface area contributed by atoms with E-state index in [9.17, 15) is 14.7 Å². The van der Waals surface area contributed by atoms with Gasteiger partial charge in [0.05, 0.1) is 35.4 Å². The summed E-state index contributed by atoms with van der Waals surface area (Å²) in [4.78, 5) is 27.0. The maximum atomic E-state index is 12.9. The van der Waals surface area contributed by atoms with E-state index >= 15 is 0 Å². The molecule has 2 aromatic rings. The van der Waals surface area contributed by atoms with Crippen LogP contribution in [0.2, 0.25) is 10.0 Å². The number of aliphatic hydroxyl groups excluding tert-OH is 1. The molecule has 0 spiro atoms. The summed E-state index contributed by atoms with van der Waals surface area (Å²) in [6, 6.07) is 10.7. The van der Waals surface area contributed by atoms with E-state index in [0.29, 0.717) is 16.3 Å². The Morgan fingerprint density at radius 3 is 2.48 bits per heavy atom. The molecule has 1 amide bonds. The number of nitrogens with zero attached hydrogens (tertiary/aromatic N) is 1. The lowest BCUT2D eigenvalue weighted by atomic mass is 9.94. The third kappa shape index (κ3) is 3.96. The number of amides is 1. The van der Waals surface area contributed by atoms with Gasteiger partial charge in [-0.05, 0) is 24.3 Å². The Morgan fingerprint density at radius 2 is 1.83 bits per heavy atom. The maximum Gasteiger partial charge on any atom is 0.295 e. The van der Waals surface area contributed by atoms with Crippen LogP contribution in [0.25, 0.3) is 5.76 Å². The van der Waals surface area contributed by atoms with Gasteiger partial charge in [-0.3, -0.25) is 9.59 Å². The molecule has 1 aliphatic rings. The molecule has 1 heterocycles. The van der Waals surface area contributed by atoms with Gasteiger partial charge in [0.1, 0.15) is 11.5 Å². The Labute approximate surface area is 178 Å². The van der Waals surface area contributed by atoms with Crippen LogP contribution in [-0.2, 0) is 14.3 Å². The average Bonchev–Trinajstić information content (AvgIpc) is 2.98. The molecule has 2 aromatic carbocycles. The van der Waals surface area contributed by atoms with Gasteiger partial charge in [-0.25, -0.2) is 0 Å². The van der Waals surface area contributed by atoms with E-state index in [-0.39, 0.29) is 35.1 Å². The highest BCUT2D eigenvalue weighted by Crippen LogP contribution is 2.42. The van der Waals surface area contributed by atoms with E-state index in [4.69, 9.17) is 32.7 Å². The maximum absolute atomic E-state index is 12.9. The first kappa shape index (κ1) is 21.2. The Kier molecular flexibility index (Phi) is 6.47. The minimum absolute atomic E-state index is 0.0472. The third-order valence-corrected chi connectivity index (χ3v) is 5.44. The van der Waals surface area contributed by atoms with E-state index < -0.39 is 17.7 Å². The summed E-state index contributed by atoms with van der Waals surface area (Å²) in [6.07, 6.45) is 0. The highest BCUT2D eigenvalue weighted by molar-refractivity contribution is 6.47. The first-order valence-corrected chi connectivity index (χ1v) is 9.52. The van der Waals surface area contributed by atoms with Crippen molar-refractivity contribution in [1.29, 1.82) is 0 Å². The van der Waals surface area contributed by atoms with Crippen molar-refractivity contribution < 1.29 is 24.2 Å². The Bertz CT molecular complexity index is 989. The van der Waals surface area contributed by atoms with Crippen molar-refractivity contribution in [1.82, 2.24) is 4.90 Å². The number of carbonyl (C=O) groups is 2. The number of ketones is 1. The van der Waals surface area contributed by atoms with Crippen LogP contribution in [0, 0.1) is 0 Å². The Hall–Kier alpha value is -2.54. The molecule has 0 saturated carbocycles. The van der Waals surface area contributed by atoms with E-state index in [2.05, 4.69) is 0 Å². The second-order valence-electron chi connectivity index (χ2n) is 6.36. The predicted molar refractivity (Wildman–Crippen MR) is 110 cm³/mol. The summed E-state index contributed by atoms with van der Waals surface area (Å²) in [6.45, 7) is 0.396. The quantitative estimate of drug-likeness (QED) is 0.420. The first-order chi connectivity index (χ1) is 13.9. The lowest BCUT2D eigenvalue weighted by molar-refractivity contribution is -0.140. The van der Waals surface area contributed by atoms with E-state index in [1.165, 1.54) is 37.3 Å². The minimum Gasteiger partial charge on any atom is -0.507 e. The van der Waals surface area contributed by atoms with Crippen molar-refractivity contribution in [3.63, 3.8) is 0 Å². The second-order valence-corrected chi connectivity index (χ2v) is 7.17. The molecule has 1 N–H and O–H groups in total. The van der Waals surface area contributed by atoms with Crippen molar-refractivity contribution in [3.05, 3.63) is 69.2 Å². The number of carbonyl (C=O) groups excluding carboxylic acids is 2. The molecule has 1 aliphatic heterocycles. The van der Waals surface area contributed by atoms with Crippen molar-refractivity contribution in [2.24, 2.45) is 0 Å². The molecule has 1 saturated heterocycles. The highest BCUT2D eigenvalue weighted by Gasteiger charge is 2.46. The number of Topliss-reactive ketones (excluding diaryl/α,β-unsaturated/α-hetero) is 1. The molecule has 8 heteroatoms. The van der Waals surface area contributed by atoms with Crippen molar-refractivity contribution in [3.8, 4) is 5.75 Å². The van der Waals surface area contributed by atoms with Crippen molar-refractivity contribution in [2.45, 2.75) is 6.04 Å². The van der Waals surface area contributed by atoms with Crippen LogP contribution < -0.4 is 4.74 Å². The summed E-state index contributed by atoms with van der Waals surface area (Å²) in [5.41, 5.74) is 0.810. The zero-order valence-electron chi connectivity index (χ0n) is 15.8. The van der Waals surface area contributed by atoms with Gasteiger partial charge in [-0.15, -0.1) is 0 Å². The van der Waals surface area contributed by atoms with Gasteiger partial charge < -0.3 is 19.5 Å². The van der Waals surface area contributed by atoms with Crippen LogP contribution in [0.15, 0.2) is 48.0 Å². The predicted octanol–water partition coefficient (Wildman–Crippen LogP) is 4.07. The molecule has 0 aromatic heterocycles. The van der Waals surface area contributed by atoms with Crippen LogP contribution in [0.1, 0.15) is 17.2 Å². The van der Waals surface area contributed by atoms with Gasteiger partial charge in [0.25, 0.3) is 11.7 Å². The summed E-state index contributed by atoms with van der Waals surface area (Å²) < 4.78 is 10.5. The van der Waals surface area contributed by atoms with Crippen LogP contribution in [0.3, 0.4) is 0 Å². The smallest absolute Gasteiger partial charge is 0.295 e. The third-order valence-electron chi connectivity index (χ3n) is 4.70. The number of aliphatic hydroxyl groups is 1. The molecule has 1 unspecified atom stereocenters. The number of methoxy groups -OCH3 is 2. The van der Waals surface area contributed by atoms with Crippen LogP contribution in [0.5, 0.6) is 5.75 Å². The Balaban J connectivity index is 2.22. The minimum atomic E-state index is -0.837. The number of para-hydroxylation sites is 1. The molecule has 0 radical (unpaired) electrons. The van der Waals surface area contributed by atoms with Gasteiger partial charge in [0.2, 0.25) is 0 Å². The van der Waals surface area contributed by atoms with Gasteiger partial charge in [0, 0.05) is 24.8 Å². The summed E-state index contributed by atoms with van der Waals surface area (Å²) >= 11 is 12.0. The SMILES string of the molecule is COCCN1C(=O)C(=O)/C(=C(/O)c2ccc(Cl)c(Cl)c2)C1c1ccccc1OC. The zero-order valence-corrected chi connectivity index (χ0v) is 17.3. The molecule has 6 nitrogen and oxygen atoms in total. The lowest BCUT2D eigenvalue weighted by Crippen LogP contribution is -2.32. The summed E-state index contributed by atoms with van der Waals surface area (Å²) in [5, 5.41) is 11.5. The highest BCUT2D eigenvalue weighted by atomic mass is 35.5. The standard InChI is InChI=1S/C21H19Cl2NO5/c1-28-10-9-24-18(13-5-3-4-6-16(13)29-2)17(20(26)21(24)27)19(25)12-7-8-14(22)15(23)11-12/h3-8,11,18,25H,9-10H2,1-2H3/b19-17+. The second kappa shape index (κ2) is 8.86. The topological polar surface area (TPSA) is 76.1 Å². The fraction of sp³-hybridized carbons (Fsp3) is 0.238. The van der Waals surface area contributed by atoms with Crippen molar-refractivity contribution >= 4 is 40.7 Å². The van der Waals surface area contributed by atoms with Gasteiger partial charge >= 0.3 is 0 Å². The largest absolute Gasteiger partial charge is 0.507 e. The molecule has 29 heavy (non-hydrogen) atoms. The molecule has 0 aliphatic carbocycles. The number of ether oxygens (including phenoxy) is 2. The van der Waals surface area contributed by atoms with Crippen molar-refractivity contribution in [2.75, 3.05) is 27.4 Å². The monoisotopic (exact) mass is 435 g/mol. The van der Waals surface area contributed by atoms with E-state index in [0.717, 1.165) is 0 Å². The number of halogens is 2. The first-order valence-electron chi connectivity index (χ1n) is 8.76. The summed E-state index contributed by atoms with van der Waals surface area (Å²) in [7, 11) is 3.00. The zero-order chi connectivity index (χ0) is 21.1. The van der Waals surface area contributed by atoms with E-state index in [1.54, 1.807) is 24.3 Å². The van der Waals surface area contributed by atoms with Gasteiger partial charge in [0.15, 0.2) is 0 Å². The fourth-order valence-electron chi connectivity index (χ4n) is 3.31. The average molecular weight is 436 g/mol. The molecule has 0 bridgehead atoms. The van der Waals surface area contributed by atoms with Crippen LogP contribution in [-0.4, -0.2) is 49.1 Å². The molecule has 152 valence electrons. The summed E-state index contributed by atoms with van der Waals surface area (Å²) in [5.74, 6) is -1.36. The number of hydrogen-bond donors (Lipinski definition) is 1. The Morgan fingerprint density at radius 1 is 1.10 bits per heavy atom. The molecular formula is C21H19Cl2NO5. The number of likely N-dealkylation sites (tertiary alicyclic amines) is 1. The number of rotatable bonds is 6. The lowest BCUT2D eigenvalue weighted by Gasteiger charge is -2.26.